The molecule has 0 radical (unpaired) electrons. The molecule has 0 aromatic heterocycles. The summed E-state index contributed by atoms with van der Waals surface area (Å²) in [5, 5.41) is 2.61. The molecule has 30 heavy (non-hydrogen) atoms. The van der Waals surface area contributed by atoms with Gasteiger partial charge >= 0.3 is 5.97 Å². The highest BCUT2D eigenvalue weighted by Crippen LogP contribution is 2.31. The number of nitrogens with zero attached hydrogens (tertiary/aromatic N) is 1. The number of benzene rings is 2. The minimum Gasteiger partial charge on any atom is -0.455 e. The quantitative estimate of drug-likeness (QED) is 0.586. The number of ether oxygens (including phenoxy) is 1. The number of hydrogen-bond donors (Lipinski definition) is 1. The number of rotatable bonds is 6. The van der Waals surface area contributed by atoms with Crippen LogP contribution in [0.1, 0.15) is 34.8 Å². The van der Waals surface area contributed by atoms with Crippen LogP contribution in [0.25, 0.3) is 0 Å². The monoisotopic (exact) mass is 408 g/mol. The Balaban J connectivity index is 1.54. The van der Waals surface area contributed by atoms with Gasteiger partial charge in [0, 0.05) is 29.9 Å². The number of para-hydroxylation sites is 1. The average molecular weight is 408 g/mol. The first-order valence-corrected chi connectivity index (χ1v) is 9.70. The van der Waals surface area contributed by atoms with Crippen LogP contribution in [-0.2, 0) is 19.1 Å². The molecule has 0 bridgehead atoms. The van der Waals surface area contributed by atoms with E-state index in [9.17, 15) is 19.2 Å². The molecule has 1 N–H and O–H groups in total. The Bertz CT molecular complexity index is 977. The first-order chi connectivity index (χ1) is 14.3. The molecule has 1 aliphatic rings. The number of carbonyl (C=O) groups excluding carboxylic acids is 4. The number of hydrogen-bond acceptors (Lipinski definition) is 5. The molecule has 7 heteroatoms. The van der Waals surface area contributed by atoms with Gasteiger partial charge in [0.15, 0.2) is 12.4 Å². The van der Waals surface area contributed by atoms with Crippen LogP contribution in [0.15, 0.2) is 42.5 Å². The molecule has 2 aromatic carbocycles. The van der Waals surface area contributed by atoms with Crippen LogP contribution in [-0.4, -0.2) is 36.7 Å². The van der Waals surface area contributed by atoms with Crippen molar-refractivity contribution in [2.45, 2.75) is 27.2 Å². The topological polar surface area (TPSA) is 92.8 Å². The van der Waals surface area contributed by atoms with Crippen LogP contribution in [0.5, 0.6) is 0 Å². The Hall–Kier alpha value is -3.48. The molecule has 0 aliphatic carbocycles. The van der Waals surface area contributed by atoms with Crippen LogP contribution in [0.4, 0.5) is 11.4 Å². The van der Waals surface area contributed by atoms with E-state index >= 15 is 0 Å². The van der Waals surface area contributed by atoms with E-state index in [4.69, 9.17) is 4.74 Å². The van der Waals surface area contributed by atoms with Crippen molar-refractivity contribution < 1.29 is 23.9 Å². The first kappa shape index (κ1) is 21.2. The van der Waals surface area contributed by atoms with Crippen LogP contribution in [0.2, 0.25) is 0 Å². The van der Waals surface area contributed by atoms with Gasteiger partial charge in [-0.15, -0.1) is 0 Å². The highest BCUT2D eigenvalue weighted by molar-refractivity contribution is 6.01. The second kappa shape index (κ2) is 8.90. The molecule has 2 aromatic rings. The van der Waals surface area contributed by atoms with E-state index in [0.29, 0.717) is 11.3 Å². The maximum atomic E-state index is 12.5. The molecule has 0 spiro atoms. The average Bonchev–Trinajstić information content (AvgIpc) is 3.08. The normalized spacial score (nSPS) is 15.8. The smallest absolute Gasteiger partial charge is 0.311 e. The molecule has 3 rings (SSSR count). The third-order valence-electron chi connectivity index (χ3n) is 5.09. The van der Waals surface area contributed by atoms with Gasteiger partial charge in [-0.25, -0.2) is 0 Å². The SMILES string of the molecule is CC(=O)c1ccc(NC(=O)COC(=O)[C@@H]2CC(=O)N(c3c(C)cccc3C)C2)cc1. The molecule has 7 nitrogen and oxygen atoms in total. The van der Waals surface area contributed by atoms with Crippen molar-refractivity contribution in [2.24, 2.45) is 5.92 Å². The molecule has 1 heterocycles. The van der Waals surface area contributed by atoms with E-state index < -0.39 is 24.4 Å². The predicted molar refractivity (Wildman–Crippen MR) is 112 cm³/mol. The maximum absolute atomic E-state index is 12.5. The van der Waals surface area contributed by atoms with Crippen molar-refractivity contribution in [1.29, 1.82) is 0 Å². The largest absolute Gasteiger partial charge is 0.455 e. The highest BCUT2D eigenvalue weighted by Gasteiger charge is 2.37. The van der Waals surface area contributed by atoms with Crippen molar-refractivity contribution in [3.05, 3.63) is 59.2 Å². The minimum absolute atomic E-state index is 0.0563. The lowest BCUT2D eigenvalue weighted by atomic mass is 10.1. The Morgan fingerprint density at radius 1 is 1.07 bits per heavy atom. The summed E-state index contributed by atoms with van der Waals surface area (Å²) in [5.74, 6) is -1.87. The molecular weight excluding hydrogens is 384 g/mol. The molecule has 0 unspecified atom stereocenters. The molecule has 1 aliphatic heterocycles. The molecule has 0 saturated carbocycles. The van der Waals surface area contributed by atoms with Gasteiger partial charge in [0.1, 0.15) is 0 Å². The summed E-state index contributed by atoms with van der Waals surface area (Å²) in [6, 6.07) is 12.2. The number of esters is 1. The zero-order valence-corrected chi connectivity index (χ0v) is 17.2. The van der Waals surface area contributed by atoms with E-state index in [0.717, 1.165) is 16.8 Å². The van der Waals surface area contributed by atoms with E-state index in [1.807, 2.05) is 32.0 Å². The number of anilines is 2. The van der Waals surface area contributed by atoms with E-state index in [-0.39, 0.29) is 24.7 Å². The number of amides is 2. The van der Waals surface area contributed by atoms with Crippen LogP contribution < -0.4 is 10.2 Å². The minimum atomic E-state index is -0.612. The summed E-state index contributed by atoms with van der Waals surface area (Å²) in [7, 11) is 0. The Morgan fingerprint density at radius 2 is 1.70 bits per heavy atom. The van der Waals surface area contributed by atoms with Crippen molar-refractivity contribution >= 4 is 34.9 Å². The fourth-order valence-corrected chi connectivity index (χ4v) is 3.55. The molecule has 2 amide bonds. The molecule has 1 atom stereocenters. The lowest BCUT2D eigenvalue weighted by Crippen LogP contribution is -2.29. The molecular formula is C23H24N2O5. The van der Waals surface area contributed by atoms with Gasteiger partial charge in [0.2, 0.25) is 5.91 Å². The van der Waals surface area contributed by atoms with Gasteiger partial charge in [0.25, 0.3) is 5.91 Å². The number of aryl methyl sites for hydroxylation is 2. The number of nitrogens with one attached hydrogen (secondary N) is 1. The lowest BCUT2D eigenvalue weighted by Gasteiger charge is -2.21. The summed E-state index contributed by atoms with van der Waals surface area (Å²) < 4.78 is 5.13. The second-order valence-corrected chi connectivity index (χ2v) is 7.44. The van der Waals surface area contributed by atoms with Gasteiger partial charge in [-0.2, -0.15) is 0 Å². The highest BCUT2D eigenvalue weighted by atomic mass is 16.5. The number of ketones is 1. The Kier molecular flexibility index (Phi) is 6.30. The Morgan fingerprint density at radius 3 is 2.30 bits per heavy atom. The van der Waals surface area contributed by atoms with Gasteiger partial charge in [-0.05, 0) is 56.2 Å². The standard InChI is InChI=1S/C23H24N2O5/c1-14-5-4-6-15(2)22(14)25-12-18(11-21(25)28)23(29)30-13-20(27)24-19-9-7-17(8-10-19)16(3)26/h4-10,18H,11-13H2,1-3H3,(H,24,27)/t18-/m1/s1. The summed E-state index contributed by atoms with van der Waals surface area (Å²) >= 11 is 0. The van der Waals surface area contributed by atoms with E-state index in [1.165, 1.54) is 6.92 Å². The lowest BCUT2D eigenvalue weighted by molar-refractivity contribution is -0.151. The molecule has 156 valence electrons. The maximum Gasteiger partial charge on any atom is 0.311 e. The van der Waals surface area contributed by atoms with Crippen LogP contribution >= 0.6 is 0 Å². The van der Waals surface area contributed by atoms with Gasteiger partial charge in [-0.3, -0.25) is 19.2 Å². The van der Waals surface area contributed by atoms with E-state index in [2.05, 4.69) is 5.32 Å². The van der Waals surface area contributed by atoms with Gasteiger partial charge in [0.05, 0.1) is 5.92 Å². The van der Waals surface area contributed by atoms with Gasteiger partial charge < -0.3 is 15.0 Å². The Labute approximate surface area is 175 Å². The summed E-state index contributed by atoms with van der Waals surface area (Å²) in [6.07, 6.45) is 0.0563. The molecule has 1 saturated heterocycles. The van der Waals surface area contributed by atoms with Crippen molar-refractivity contribution in [3.63, 3.8) is 0 Å². The zero-order valence-electron chi connectivity index (χ0n) is 17.2. The van der Waals surface area contributed by atoms with Crippen molar-refractivity contribution in [2.75, 3.05) is 23.4 Å². The third kappa shape index (κ3) is 4.74. The third-order valence-corrected chi connectivity index (χ3v) is 5.09. The van der Waals surface area contributed by atoms with E-state index in [1.54, 1.807) is 29.2 Å². The fourth-order valence-electron chi connectivity index (χ4n) is 3.55. The van der Waals surface area contributed by atoms with Crippen molar-refractivity contribution in [3.8, 4) is 0 Å². The summed E-state index contributed by atoms with van der Waals surface area (Å²) in [4.78, 5) is 49.8. The zero-order chi connectivity index (χ0) is 21.8. The predicted octanol–water partition coefficient (Wildman–Crippen LogP) is 3.04. The van der Waals surface area contributed by atoms with Crippen LogP contribution in [0.3, 0.4) is 0 Å². The van der Waals surface area contributed by atoms with Crippen molar-refractivity contribution in [1.82, 2.24) is 0 Å². The van der Waals surface area contributed by atoms with Crippen LogP contribution in [0, 0.1) is 19.8 Å². The first-order valence-electron chi connectivity index (χ1n) is 9.70. The summed E-state index contributed by atoms with van der Waals surface area (Å²) in [5.41, 5.74) is 3.79. The fraction of sp³-hybridized carbons (Fsp3) is 0.304. The number of Topliss-reactive ketones (excluding diaryl/α,β-unsaturated/α-hetero) is 1. The number of carbonyl (C=O) groups is 4. The second-order valence-electron chi connectivity index (χ2n) is 7.44. The van der Waals surface area contributed by atoms with Gasteiger partial charge in [-0.1, -0.05) is 18.2 Å². The summed E-state index contributed by atoms with van der Waals surface area (Å²) in [6.45, 7) is 5.10. The molecule has 1 fully saturated rings.